The third kappa shape index (κ3) is 5.39. The van der Waals surface area contributed by atoms with Crippen molar-refractivity contribution in [2.75, 3.05) is 13.6 Å². The maximum Gasteiger partial charge on any atom is 0.241 e. The summed E-state index contributed by atoms with van der Waals surface area (Å²) in [6.07, 6.45) is 1.72. The van der Waals surface area contributed by atoms with Crippen LogP contribution in [0.25, 0.3) is 0 Å². The molecule has 0 aromatic rings. The van der Waals surface area contributed by atoms with Crippen molar-refractivity contribution >= 4 is 11.7 Å². The van der Waals surface area contributed by atoms with Crippen LogP contribution in [0.4, 0.5) is 0 Å². The summed E-state index contributed by atoms with van der Waals surface area (Å²) >= 11 is 0. The fourth-order valence-corrected chi connectivity index (χ4v) is 0.588. The van der Waals surface area contributed by atoms with Gasteiger partial charge in [-0.3, -0.25) is 9.79 Å². The molecule has 0 atom stereocenters. The van der Waals surface area contributed by atoms with Crippen molar-refractivity contribution < 1.29 is 4.79 Å². The van der Waals surface area contributed by atoms with Crippen LogP contribution in [0.1, 0.15) is 19.8 Å². The summed E-state index contributed by atoms with van der Waals surface area (Å²) in [7, 11) is 1.58. The zero-order valence-electron chi connectivity index (χ0n) is 7.05. The number of carbonyl (C=O) groups is 1. The van der Waals surface area contributed by atoms with Crippen LogP contribution in [0.5, 0.6) is 0 Å². The molecule has 0 bridgehead atoms. The van der Waals surface area contributed by atoms with E-state index >= 15 is 0 Å². The van der Waals surface area contributed by atoms with Gasteiger partial charge in [0.05, 0.1) is 5.84 Å². The Kier molecular flexibility index (Phi) is 5.15. The molecule has 64 valence electrons. The quantitative estimate of drug-likeness (QED) is 0.441. The lowest BCUT2D eigenvalue weighted by Gasteiger charge is -1.97. The number of amides is 1. The first-order valence-corrected chi connectivity index (χ1v) is 3.70. The second-order valence-corrected chi connectivity index (χ2v) is 2.23. The predicted molar refractivity (Wildman–Crippen MR) is 45.5 cm³/mol. The molecular weight excluding hydrogens is 142 g/mol. The smallest absolute Gasteiger partial charge is 0.241 e. The highest BCUT2D eigenvalue weighted by molar-refractivity contribution is 5.84. The third-order valence-corrected chi connectivity index (χ3v) is 1.21. The molecule has 0 aliphatic rings. The third-order valence-electron chi connectivity index (χ3n) is 1.21. The molecule has 0 spiro atoms. The number of hydrogen-bond acceptors (Lipinski definition) is 2. The Balaban J connectivity index is 3.63. The molecule has 0 saturated heterocycles. The van der Waals surface area contributed by atoms with Crippen LogP contribution in [0.15, 0.2) is 4.99 Å². The van der Waals surface area contributed by atoms with Crippen molar-refractivity contribution in [2.45, 2.75) is 19.8 Å². The number of carbonyl (C=O) groups excluding carboxylic acids is 1. The normalized spacial score (nSPS) is 11.3. The van der Waals surface area contributed by atoms with E-state index in [2.05, 4.69) is 10.3 Å². The van der Waals surface area contributed by atoms with E-state index in [-0.39, 0.29) is 12.5 Å². The summed E-state index contributed by atoms with van der Waals surface area (Å²) in [6, 6.07) is 0. The van der Waals surface area contributed by atoms with Crippen LogP contribution < -0.4 is 11.1 Å². The Labute approximate surface area is 66.9 Å². The molecule has 0 unspecified atom stereocenters. The lowest BCUT2D eigenvalue weighted by atomic mass is 10.3. The second kappa shape index (κ2) is 5.70. The topological polar surface area (TPSA) is 67.5 Å². The van der Waals surface area contributed by atoms with Gasteiger partial charge >= 0.3 is 0 Å². The number of nitrogens with one attached hydrogen (secondary N) is 1. The molecule has 4 nitrogen and oxygen atoms in total. The molecule has 3 N–H and O–H groups in total. The van der Waals surface area contributed by atoms with Crippen molar-refractivity contribution in [3.05, 3.63) is 0 Å². The first kappa shape index (κ1) is 9.94. The molecule has 4 heteroatoms. The van der Waals surface area contributed by atoms with E-state index in [0.717, 1.165) is 12.8 Å². The van der Waals surface area contributed by atoms with Crippen LogP contribution in [-0.4, -0.2) is 25.3 Å². The van der Waals surface area contributed by atoms with Gasteiger partial charge in [-0.05, 0) is 6.42 Å². The Morgan fingerprint density at radius 3 is 2.73 bits per heavy atom. The van der Waals surface area contributed by atoms with Gasteiger partial charge in [0.15, 0.2) is 0 Å². The monoisotopic (exact) mass is 157 g/mol. The number of amidine groups is 1. The van der Waals surface area contributed by atoms with E-state index in [1.54, 1.807) is 7.05 Å². The van der Waals surface area contributed by atoms with Gasteiger partial charge in [-0.15, -0.1) is 0 Å². The number of likely N-dealkylation sites (N-methyl/N-ethyl adjacent to an activating group) is 1. The van der Waals surface area contributed by atoms with Crippen LogP contribution in [0, 0.1) is 0 Å². The standard InChI is InChI=1S/C7H15N3O/c1-3-4-6(8)10-5-7(11)9-2/h3-5H2,1-2H3,(H2,8,10)(H,9,11). The molecule has 0 aromatic heterocycles. The van der Waals surface area contributed by atoms with Crippen LogP contribution >= 0.6 is 0 Å². The summed E-state index contributed by atoms with van der Waals surface area (Å²) in [4.78, 5) is 14.5. The summed E-state index contributed by atoms with van der Waals surface area (Å²) in [5.74, 6) is 0.445. The summed E-state index contributed by atoms with van der Waals surface area (Å²) in [5, 5.41) is 2.46. The van der Waals surface area contributed by atoms with E-state index in [9.17, 15) is 4.79 Å². The number of aliphatic imine (C=N–C) groups is 1. The van der Waals surface area contributed by atoms with E-state index in [1.165, 1.54) is 0 Å². The van der Waals surface area contributed by atoms with Crippen molar-refractivity contribution in [3.8, 4) is 0 Å². The van der Waals surface area contributed by atoms with Crippen molar-refractivity contribution in [3.63, 3.8) is 0 Å². The SMILES string of the molecule is CCCC(N)=NCC(=O)NC. The van der Waals surface area contributed by atoms with Gasteiger partial charge in [0.2, 0.25) is 5.91 Å². The zero-order valence-corrected chi connectivity index (χ0v) is 7.05. The minimum Gasteiger partial charge on any atom is -0.387 e. The van der Waals surface area contributed by atoms with Crippen molar-refractivity contribution in [1.82, 2.24) is 5.32 Å². The first-order valence-electron chi connectivity index (χ1n) is 3.70. The van der Waals surface area contributed by atoms with Gasteiger partial charge in [0.1, 0.15) is 6.54 Å². The first-order chi connectivity index (χ1) is 5.20. The lowest BCUT2D eigenvalue weighted by Crippen LogP contribution is -2.22. The zero-order chi connectivity index (χ0) is 8.69. The fraction of sp³-hybridized carbons (Fsp3) is 0.714. The molecule has 0 heterocycles. The molecule has 0 rings (SSSR count). The number of nitrogens with zero attached hydrogens (tertiary/aromatic N) is 1. The van der Waals surface area contributed by atoms with Gasteiger partial charge in [0.25, 0.3) is 0 Å². The number of nitrogens with two attached hydrogens (primary N) is 1. The summed E-state index contributed by atoms with van der Waals surface area (Å²) in [5.41, 5.74) is 5.46. The molecule has 0 aromatic carbocycles. The minimum absolute atomic E-state index is 0.107. The molecule has 1 amide bonds. The van der Waals surface area contributed by atoms with E-state index in [1.807, 2.05) is 6.92 Å². The van der Waals surface area contributed by atoms with Gasteiger partial charge in [0, 0.05) is 13.5 Å². The molecule has 11 heavy (non-hydrogen) atoms. The van der Waals surface area contributed by atoms with Crippen LogP contribution in [0.3, 0.4) is 0 Å². The largest absolute Gasteiger partial charge is 0.387 e. The maximum absolute atomic E-state index is 10.6. The van der Waals surface area contributed by atoms with Gasteiger partial charge < -0.3 is 11.1 Å². The molecule has 0 aliphatic heterocycles. The Morgan fingerprint density at radius 2 is 2.27 bits per heavy atom. The Morgan fingerprint density at radius 1 is 1.64 bits per heavy atom. The van der Waals surface area contributed by atoms with Crippen molar-refractivity contribution in [1.29, 1.82) is 0 Å². The van der Waals surface area contributed by atoms with Crippen LogP contribution in [0.2, 0.25) is 0 Å². The minimum atomic E-state index is -0.107. The predicted octanol–water partition coefficient (Wildman–Crippen LogP) is -0.110. The number of hydrogen-bond donors (Lipinski definition) is 2. The summed E-state index contributed by atoms with van der Waals surface area (Å²) in [6.45, 7) is 2.16. The van der Waals surface area contributed by atoms with E-state index < -0.39 is 0 Å². The highest BCUT2D eigenvalue weighted by atomic mass is 16.1. The Hall–Kier alpha value is -1.06. The van der Waals surface area contributed by atoms with Crippen LogP contribution in [-0.2, 0) is 4.79 Å². The number of rotatable bonds is 4. The highest BCUT2D eigenvalue weighted by Crippen LogP contribution is 1.85. The molecule has 0 fully saturated rings. The van der Waals surface area contributed by atoms with E-state index in [4.69, 9.17) is 5.73 Å². The Bertz CT molecular complexity index is 154. The maximum atomic E-state index is 10.6. The average molecular weight is 157 g/mol. The highest BCUT2D eigenvalue weighted by Gasteiger charge is 1.94. The average Bonchev–Trinajstić information content (AvgIpc) is 2.01. The van der Waals surface area contributed by atoms with Crippen molar-refractivity contribution in [2.24, 2.45) is 10.7 Å². The summed E-state index contributed by atoms with van der Waals surface area (Å²) < 4.78 is 0. The van der Waals surface area contributed by atoms with Gasteiger partial charge in [-0.1, -0.05) is 6.92 Å². The van der Waals surface area contributed by atoms with Gasteiger partial charge in [-0.2, -0.15) is 0 Å². The fourth-order valence-electron chi connectivity index (χ4n) is 0.588. The molecule has 0 radical (unpaired) electrons. The lowest BCUT2D eigenvalue weighted by molar-refractivity contribution is -0.119. The molecule has 0 aliphatic carbocycles. The second-order valence-electron chi connectivity index (χ2n) is 2.23. The molecular formula is C7H15N3O. The van der Waals surface area contributed by atoms with E-state index in [0.29, 0.717) is 5.84 Å². The van der Waals surface area contributed by atoms with Gasteiger partial charge in [-0.25, -0.2) is 0 Å². The molecule has 0 saturated carbocycles.